The highest BCUT2D eigenvalue weighted by molar-refractivity contribution is 7.89. The van der Waals surface area contributed by atoms with Crippen molar-refractivity contribution >= 4 is 33.5 Å². The first-order valence-electron chi connectivity index (χ1n) is 8.61. The summed E-state index contributed by atoms with van der Waals surface area (Å²) in [7, 11) is -4.05. The fourth-order valence-electron chi connectivity index (χ4n) is 2.47. The molecule has 0 unspecified atom stereocenters. The zero-order valence-corrected chi connectivity index (χ0v) is 16.2. The van der Waals surface area contributed by atoms with Crippen LogP contribution in [0.15, 0.2) is 88.9 Å². The van der Waals surface area contributed by atoms with Gasteiger partial charge in [-0.15, -0.1) is 0 Å². The van der Waals surface area contributed by atoms with Crippen molar-refractivity contribution in [2.75, 3.05) is 5.32 Å². The summed E-state index contributed by atoms with van der Waals surface area (Å²) in [5, 5.41) is 17.1. The molecule has 0 aromatic heterocycles. The Morgan fingerprint density at radius 1 is 0.967 bits per heavy atom. The number of carbonyl (C=O) groups is 1. The van der Waals surface area contributed by atoms with E-state index in [9.17, 15) is 23.3 Å². The van der Waals surface area contributed by atoms with Crippen molar-refractivity contribution in [1.82, 2.24) is 4.83 Å². The zero-order chi connectivity index (χ0) is 21.6. The van der Waals surface area contributed by atoms with Crippen molar-refractivity contribution in [3.05, 3.63) is 100 Å². The number of para-hydroxylation sites is 1. The Morgan fingerprint density at radius 3 is 2.43 bits per heavy atom. The van der Waals surface area contributed by atoms with Crippen molar-refractivity contribution in [2.24, 2.45) is 5.10 Å². The molecule has 3 aromatic rings. The van der Waals surface area contributed by atoms with Crippen LogP contribution in [0.5, 0.6) is 0 Å². The van der Waals surface area contributed by atoms with E-state index in [1.54, 1.807) is 30.3 Å². The third-order valence-corrected chi connectivity index (χ3v) is 5.13. The Morgan fingerprint density at radius 2 is 1.70 bits per heavy atom. The van der Waals surface area contributed by atoms with E-state index in [4.69, 9.17) is 0 Å². The minimum atomic E-state index is -4.05. The van der Waals surface area contributed by atoms with E-state index < -0.39 is 20.9 Å². The Balaban J connectivity index is 1.73. The molecular formula is C20H16N4O5S. The molecule has 0 bridgehead atoms. The molecule has 0 spiro atoms. The number of rotatable bonds is 7. The molecule has 0 aliphatic carbocycles. The highest BCUT2D eigenvalue weighted by Crippen LogP contribution is 2.15. The molecule has 0 saturated heterocycles. The van der Waals surface area contributed by atoms with E-state index >= 15 is 0 Å². The predicted octanol–water partition coefficient (Wildman–Crippen LogP) is 3.16. The maximum absolute atomic E-state index is 12.5. The van der Waals surface area contributed by atoms with Crippen LogP contribution in [0.25, 0.3) is 0 Å². The number of nitro groups is 1. The van der Waals surface area contributed by atoms with Gasteiger partial charge in [0, 0.05) is 28.9 Å². The number of hydrogen-bond acceptors (Lipinski definition) is 6. The molecule has 0 saturated carbocycles. The number of nitrogens with zero attached hydrogens (tertiary/aromatic N) is 2. The van der Waals surface area contributed by atoms with Gasteiger partial charge in [0.2, 0.25) is 0 Å². The standard InChI is InChI=1S/C20H16N4O5S/c25-20(22-17-8-2-1-3-9-17)16-7-5-11-19(13-16)30(28,29)23-21-14-15-6-4-10-18(12-15)24(26)27/h1-14,23H,(H,22,25). The van der Waals surface area contributed by atoms with Crippen LogP contribution in [0.1, 0.15) is 15.9 Å². The molecule has 0 fully saturated rings. The average Bonchev–Trinajstić information content (AvgIpc) is 2.74. The summed E-state index contributed by atoms with van der Waals surface area (Å²) in [5.74, 6) is -0.460. The zero-order valence-electron chi connectivity index (χ0n) is 15.4. The minimum absolute atomic E-state index is 0.140. The van der Waals surface area contributed by atoms with Crippen LogP contribution >= 0.6 is 0 Å². The van der Waals surface area contributed by atoms with E-state index in [2.05, 4.69) is 10.4 Å². The first kappa shape index (κ1) is 20.7. The molecule has 3 aromatic carbocycles. The molecule has 0 heterocycles. The second-order valence-corrected chi connectivity index (χ2v) is 7.71. The lowest BCUT2D eigenvalue weighted by atomic mass is 10.2. The lowest BCUT2D eigenvalue weighted by molar-refractivity contribution is -0.384. The summed E-state index contributed by atoms with van der Waals surface area (Å²) in [4.78, 5) is 24.5. The highest BCUT2D eigenvalue weighted by Gasteiger charge is 2.16. The minimum Gasteiger partial charge on any atom is -0.322 e. The van der Waals surface area contributed by atoms with E-state index in [-0.39, 0.29) is 16.1 Å². The number of hydrogen-bond donors (Lipinski definition) is 2. The van der Waals surface area contributed by atoms with Crippen LogP contribution in [-0.2, 0) is 10.0 Å². The smallest absolute Gasteiger partial charge is 0.276 e. The first-order valence-corrected chi connectivity index (χ1v) is 10.1. The molecule has 9 nitrogen and oxygen atoms in total. The van der Waals surface area contributed by atoms with Crippen LogP contribution in [-0.4, -0.2) is 25.5 Å². The van der Waals surface area contributed by atoms with Gasteiger partial charge in [0.05, 0.1) is 16.0 Å². The normalized spacial score (nSPS) is 11.2. The van der Waals surface area contributed by atoms with Gasteiger partial charge in [0.25, 0.3) is 21.6 Å². The Bertz CT molecular complexity index is 1210. The Hall–Kier alpha value is -4.05. The van der Waals surface area contributed by atoms with Crippen LogP contribution < -0.4 is 10.1 Å². The van der Waals surface area contributed by atoms with Gasteiger partial charge in [-0.3, -0.25) is 14.9 Å². The predicted molar refractivity (Wildman–Crippen MR) is 112 cm³/mol. The third kappa shape index (κ3) is 5.26. The van der Waals surface area contributed by atoms with E-state index in [0.717, 1.165) is 6.21 Å². The molecule has 1 amide bonds. The Kier molecular flexibility index (Phi) is 6.18. The summed E-state index contributed by atoms with van der Waals surface area (Å²) in [6, 6.07) is 19.8. The van der Waals surface area contributed by atoms with Crippen molar-refractivity contribution in [1.29, 1.82) is 0 Å². The second-order valence-electron chi connectivity index (χ2n) is 6.05. The van der Waals surface area contributed by atoms with Gasteiger partial charge >= 0.3 is 0 Å². The van der Waals surface area contributed by atoms with Crippen LogP contribution in [0.2, 0.25) is 0 Å². The number of anilines is 1. The molecule has 0 aliphatic heterocycles. The number of nitrogens with one attached hydrogen (secondary N) is 2. The van der Waals surface area contributed by atoms with Gasteiger partial charge in [-0.1, -0.05) is 36.4 Å². The topological polar surface area (TPSA) is 131 Å². The SMILES string of the molecule is O=C(Nc1ccccc1)c1cccc(S(=O)(=O)NN=Cc2cccc([N+](=O)[O-])c2)c1. The fourth-order valence-corrected chi connectivity index (χ4v) is 3.31. The third-order valence-electron chi connectivity index (χ3n) is 3.91. The fraction of sp³-hybridized carbons (Fsp3) is 0. The number of carbonyl (C=O) groups excluding carboxylic acids is 1. The Labute approximate surface area is 172 Å². The average molecular weight is 424 g/mol. The van der Waals surface area contributed by atoms with Crippen molar-refractivity contribution < 1.29 is 18.1 Å². The number of benzene rings is 3. The highest BCUT2D eigenvalue weighted by atomic mass is 32.2. The van der Waals surface area contributed by atoms with Crippen LogP contribution in [0.4, 0.5) is 11.4 Å². The van der Waals surface area contributed by atoms with E-state index in [0.29, 0.717) is 11.3 Å². The second kappa shape index (κ2) is 8.97. The molecule has 30 heavy (non-hydrogen) atoms. The number of amides is 1. The van der Waals surface area contributed by atoms with Crippen molar-refractivity contribution in [3.8, 4) is 0 Å². The van der Waals surface area contributed by atoms with Gasteiger partial charge in [0.15, 0.2) is 0 Å². The van der Waals surface area contributed by atoms with Gasteiger partial charge in [-0.05, 0) is 30.3 Å². The van der Waals surface area contributed by atoms with Crippen molar-refractivity contribution in [2.45, 2.75) is 4.90 Å². The number of nitro benzene ring substituents is 1. The molecular weight excluding hydrogens is 408 g/mol. The van der Waals surface area contributed by atoms with Gasteiger partial charge in [-0.25, -0.2) is 4.83 Å². The van der Waals surface area contributed by atoms with Crippen molar-refractivity contribution in [3.63, 3.8) is 0 Å². The summed E-state index contributed by atoms with van der Waals surface area (Å²) in [6.45, 7) is 0. The molecule has 2 N–H and O–H groups in total. The van der Waals surface area contributed by atoms with Crippen LogP contribution in [0.3, 0.4) is 0 Å². The molecule has 0 radical (unpaired) electrons. The van der Waals surface area contributed by atoms with Gasteiger partial charge in [-0.2, -0.15) is 13.5 Å². The summed E-state index contributed by atoms with van der Waals surface area (Å²) >= 11 is 0. The molecule has 0 aliphatic rings. The van der Waals surface area contributed by atoms with E-state index in [1.807, 2.05) is 10.9 Å². The lowest BCUT2D eigenvalue weighted by Crippen LogP contribution is -2.19. The maximum Gasteiger partial charge on any atom is 0.276 e. The largest absolute Gasteiger partial charge is 0.322 e. The number of non-ortho nitro benzene ring substituents is 1. The molecule has 3 rings (SSSR count). The first-order chi connectivity index (χ1) is 14.3. The number of hydrazone groups is 1. The van der Waals surface area contributed by atoms with Gasteiger partial charge < -0.3 is 5.32 Å². The lowest BCUT2D eigenvalue weighted by Gasteiger charge is -2.07. The van der Waals surface area contributed by atoms with E-state index in [1.165, 1.54) is 42.5 Å². The molecule has 0 atom stereocenters. The monoisotopic (exact) mass is 424 g/mol. The van der Waals surface area contributed by atoms with Crippen LogP contribution in [0, 0.1) is 10.1 Å². The number of sulfonamides is 1. The summed E-state index contributed by atoms with van der Waals surface area (Å²) < 4.78 is 24.9. The summed E-state index contributed by atoms with van der Waals surface area (Å²) in [5.41, 5.74) is 0.946. The summed E-state index contributed by atoms with van der Waals surface area (Å²) in [6.07, 6.45) is 1.15. The quantitative estimate of drug-likeness (QED) is 0.342. The van der Waals surface area contributed by atoms with Gasteiger partial charge in [0.1, 0.15) is 0 Å². The maximum atomic E-state index is 12.5. The molecule has 10 heteroatoms. The molecule has 152 valence electrons.